The van der Waals surface area contributed by atoms with E-state index in [1.807, 2.05) is 0 Å². The summed E-state index contributed by atoms with van der Waals surface area (Å²) in [7, 11) is 0. The molecule has 1 heterocycles. The second kappa shape index (κ2) is 5.03. The predicted molar refractivity (Wildman–Crippen MR) is 50.2 cm³/mol. The first-order valence-electron chi connectivity index (χ1n) is 4.07. The standard InChI is InChI=1S/C8H5BrF5NO2/c9-1-3-4(16)2-15-5(7(10)11)6(3)17-8(12,13)14/h2,7,16H,1H2. The molecule has 3 nitrogen and oxygen atoms in total. The summed E-state index contributed by atoms with van der Waals surface area (Å²) in [5.74, 6) is -1.84. The summed E-state index contributed by atoms with van der Waals surface area (Å²) in [6.07, 6.45) is -7.75. The summed E-state index contributed by atoms with van der Waals surface area (Å²) < 4.78 is 64.5. The summed E-state index contributed by atoms with van der Waals surface area (Å²) in [5.41, 5.74) is -1.61. The normalized spacial score (nSPS) is 11.9. The summed E-state index contributed by atoms with van der Waals surface area (Å²) in [4.78, 5) is 3.02. The van der Waals surface area contributed by atoms with Gasteiger partial charge in [-0.1, -0.05) is 15.9 Å². The van der Waals surface area contributed by atoms with Crippen LogP contribution in [0.5, 0.6) is 11.5 Å². The fourth-order valence-corrected chi connectivity index (χ4v) is 1.59. The lowest BCUT2D eigenvalue weighted by atomic mass is 10.2. The van der Waals surface area contributed by atoms with E-state index in [1.165, 1.54) is 0 Å². The number of hydrogen-bond donors (Lipinski definition) is 1. The van der Waals surface area contributed by atoms with Gasteiger partial charge in [0, 0.05) is 5.33 Å². The van der Waals surface area contributed by atoms with E-state index in [4.69, 9.17) is 0 Å². The van der Waals surface area contributed by atoms with Gasteiger partial charge in [-0.2, -0.15) is 0 Å². The molecule has 1 rings (SSSR count). The van der Waals surface area contributed by atoms with Crippen LogP contribution in [0.3, 0.4) is 0 Å². The van der Waals surface area contributed by atoms with E-state index in [1.54, 1.807) is 0 Å². The van der Waals surface area contributed by atoms with Crippen molar-refractivity contribution in [2.75, 3.05) is 0 Å². The number of halogens is 6. The van der Waals surface area contributed by atoms with E-state index in [0.29, 0.717) is 6.20 Å². The Morgan fingerprint density at radius 1 is 1.41 bits per heavy atom. The zero-order valence-corrected chi connectivity index (χ0v) is 9.52. The van der Waals surface area contributed by atoms with Gasteiger partial charge in [-0.05, 0) is 0 Å². The molecule has 0 spiro atoms. The molecule has 96 valence electrons. The van der Waals surface area contributed by atoms with Crippen molar-refractivity contribution in [3.05, 3.63) is 17.5 Å². The number of alkyl halides is 6. The maximum Gasteiger partial charge on any atom is 0.573 e. The molecular weight excluding hydrogens is 317 g/mol. The highest BCUT2D eigenvalue weighted by atomic mass is 79.9. The fraction of sp³-hybridized carbons (Fsp3) is 0.375. The summed E-state index contributed by atoms with van der Waals surface area (Å²) in [5, 5.41) is 8.92. The minimum Gasteiger partial charge on any atom is -0.506 e. The Morgan fingerprint density at radius 3 is 2.41 bits per heavy atom. The summed E-state index contributed by atoms with van der Waals surface area (Å²) >= 11 is 2.77. The largest absolute Gasteiger partial charge is 0.573 e. The molecule has 0 aliphatic rings. The van der Waals surface area contributed by atoms with Crippen molar-refractivity contribution in [3.8, 4) is 11.5 Å². The van der Waals surface area contributed by atoms with E-state index in [-0.39, 0.29) is 5.33 Å². The average molecular weight is 322 g/mol. The van der Waals surface area contributed by atoms with E-state index >= 15 is 0 Å². The highest BCUT2D eigenvalue weighted by molar-refractivity contribution is 9.08. The molecular formula is C8H5BrF5NO2. The SMILES string of the molecule is Oc1cnc(C(F)F)c(OC(F)(F)F)c1CBr. The van der Waals surface area contributed by atoms with Crippen LogP contribution in [0.1, 0.15) is 17.7 Å². The van der Waals surface area contributed by atoms with Crippen LogP contribution < -0.4 is 4.74 Å². The average Bonchev–Trinajstić information content (AvgIpc) is 2.15. The number of nitrogens with zero attached hydrogens (tertiary/aromatic N) is 1. The van der Waals surface area contributed by atoms with Gasteiger partial charge in [0.25, 0.3) is 6.43 Å². The summed E-state index contributed by atoms with van der Waals surface area (Å²) in [6.45, 7) is 0. The molecule has 0 fully saturated rings. The molecule has 17 heavy (non-hydrogen) atoms. The monoisotopic (exact) mass is 321 g/mol. The van der Waals surface area contributed by atoms with Crippen LogP contribution in [0.25, 0.3) is 0 Å². The summed E-state index contributed by atoms with van der Waals surface area (Å²) in [6, 6.07) is 0. The van der Waals surface area contributed by atoms with E-state index in [0.717, 1.165) is 0 Å². The van der Waals surface area contributed by atoms with Gasteiger partial charge in [0.05, 0.1) is 11.8 Å². The number of pyridine rings is 1. The first-order valence-corrected chi connectivity index (χ1v) is 5.19. The van der Waals surface area contributed by atoms with Gasteiger partial charge in [0.1, 0.15) is 11.4 Å². The molecule has 1 N–H and O–H groups in total. The number of hydrogen-bond acceptors (Lipinski definition) is 3. The molecule has 0 amide bonds. The number of rotatable bonds is 3. The second-order valence-electron chi connectivity index (χ2n) is 2.82. The highest BCUT2D eigenvalue weighted by Crippen LogP contribution is 2.39. The Balaban J connectivity index is 3.34. The number of aromatic nitrogens is 1. The lowest BCUT2D eigenvalue weighted by Gasteiger charge is -2.15. The number of ether oxygens (including phenoxy) is 1. The van der Waals surface area contributed by atoms with Crippen LogP contribution in [0.15, 0.2) is 6.20 Å². The highest BCUT2D eigenvalue weighted by Gasteiger charge is 2.35. The Labute approximate surface area is 100 Å². The number of aromatic hydroxyl groups is 1. The zero-order valence-electron chi connectivity index (χ0n) is 7.93. The smallest absolute Gasteiger partial charge is 0.506 e. The van der Waals surface area contributed by atoms with Gasteiger partial charge >= 0.3 is 6.36 Å². The fourth-order valence-electron chi connectivity index (χ4n) is 1.05. The van der Waals surface area contributed by atoms with Crippen molar-refractivity contribution in [2.45, 2.75) is 18.1 Å². The van der Waals surface area contributed by atoms with Crippen LogP contribution in [-0.4, -0.2) is 16.5 Å². The van der Waals surface area contributed by atoms with E-state index in [2.05, 4.69) is 25.7 Å². The van der Waals surface area contributed by atoms with Gasteiger partial charge in [-0.25, -0.2) is 13.8 Å². The molecule has 9 heteroatoms. The van der Waals surface area contributed by atoms with Gasteiger partial charge < -0.3 is 9.84 Å². The maximum absolute atomic E-state index is 12.4. The van der Waals surface area contributed by atoms with Crippen molar-refractivity contribution in [3.63, 3.8) is 0 Å². The molecule has 0 aliphatic heterocycles. The third-order valence-corrected chi connectivity index (χ3v) is 2.26. The lowest BCUT2D eigenvalue weighted by Crippen LogP contribution is -2.19. The van der Waals surface area contributed by atoms with Crippen molar-refractivity contribution < 1.29 is 31.8 Å². The quantitative estimate of drug-likeness (QED) is 0.684. The Bertz CT molecular complexity index is 410. The Kier molecular flexibility index (Phi) is 4.12. The van der Waals surface area contributed by atoms with Crippen LogP contribution in [-0.2, 0) is 5.33 Å². The molecule has 1 aromatic heterocycles. The van der Waals surface area contributed by atoms with Gasteiger partial charge in [-0.15, -0.1) is 13.2 Å². The maximum atomic E-state index is 12.4. The molecule has 0 radical (unpaired) electrons. The molecule has 0 aliphatic carbocycles. The lowest BCUT2D eigenvalue weighted by molar-refractivity contribution is -0.275. The molecule has 0 atom stereocenters. The van der Waals surface area contributed by atoms with Crippen LogP contribution >= 0.6 is 15.9 Å². The predicted octanol–water partition coefficient (Wildman–Crippen LogP) is 3.52. The van der Waals surface area contributed by atoms with Gasteiger partial charge in [0.15, 0.2) is 5.75 Å². The zero-order chi connectivity index (χ0) is 13.2. The topological polar surface area (TPSA) is 42.4 Å². The van der Waals surface area contributed by atoms with Crippen molar-refractivity contribution >= 4 is 15.9 Å². The van der Waals surface area contributed by atoms with Crippen molar-refractivity contribution in [1.82, 2.24) is 4.98 Å². The molecule has 0 bridgehead atoms. The van der Waals surface area contributed by atoms with Crippen molar-refractivity contribution in [2.24, 2.45) is 0 Å². The first kappa shape index (κ1) is 13.9. The molecule has 0 unspecified atom stereocenters. The van der Waals surface area contributed by atoms with Crippen molar-refractivity contribution in [1.29, 1.82) is 0 Å². The Hall–Kier alpha value is -1.12. The first-order chi connectivity index (χ1) is 7.76. The van der Waals surface area contributed by atoms with Crippen LogP contribution in [0.4, 0.5) is 22.0 Å². The molecule has 1 aromatic rings. The van der Waals surface area contributed by atoms with E-state index < -0.39 is 35.5 Å². The Morgan fingerprint density at radius 2 is 2.00 bits per heavy atom. The minimum atomic E-state index is -5.14. The van der Waals surface area contributed by atoms with Gasteiger partial charge in [-0.3, -0.25) is 0 Å². The van der Waals surface area contributed by atoms with E-state index in [9.17, 15) is 27.1 Å². The molecule has 0 saturated carbocycles. The second-order valence-corrected chi connectivity index (χ2v) is 3.38. The molecule has 0 aromatic carbocycles. The third-order valence-electron chi connectivity index (χ3n) is 1.70. The van der Waals surface area contributed by atoms with Crippen LogP contribution in [0, 0.1) is 0 Å². The van der Waals surface area contributed by atoms with Gasteiger partial charge in [0.2, 0.25) is 0 Å². The molecule has 0 saturated heterocycles. The third kappa shape index (κ3) is 3.42. The minimum absolute atomic E-state index is 0.285. The van der Waals surface area contributed by atoms with Crippen LogP contribution in [0.2, 0.25) is 0 Å².